The van der Waals surface area contributed by atoms with E-state index in [0.29, 0.717) is 24.7 Å². The zero-order valence-electron chi connectivity index (χ0n) is 14.4. The molecular weight excluding hydrogens is 362 g/mol. The topological polar surface area (TPSA) is 64.4 Å². The van der Waals surface area contributed by atoms with Gasteiger partial charge in [-0.1, -0.05) is 23.7 Å². The summed E-state index contributed by atoms with van der Waals surface area (Å²) < 4.78 is 30.9. The van der Waals surface area contributed by atoms with Crippen molar-refractivity contribution in [2.75, 3.05) is 18.6 Å². The largest absolute Gasteiger partial charge is 0.497 e. The summed E-state index contributed by atoms with van der Waals surface area (Å²) in [5.41, 5.74) is 1.10. The number of ether oxygens (including phenoxy) is 1. The number of imidazole rings is 1. The predicted octanol–water partition coefficient (Wildman–Crippen LogP) is 2.27. The molecule has 25 heavy (non-hydrogen) atoms. The fourth-order valence-corrected chi connectivity index (χ4v) is 5.00. The summed E-state index contributed by atoms with van der Waals surface area (Å²) in [6.45, 7) is 1.20. The summed E-state index contributed by atoms with van der Waals surface area (Å²) in [6, 6.07) is 7.82. The number of sulfone groups is 1. The molecule has 136 valence electrons. The maximum Gasteiger partial charge on any atom is 0.151 e. The van der Waals surface area contributed by atoms with Gasteiger partial charge in [0.2, 0.25) is 0 Å². The van der Waals surface area contributed by atoms with Crippen LogP contribution in [0.4, 0.5) is 0 Å². The van der Waals surface area contributed by atoms with E-state index in [0.717, 1.165) is 17.1 Å². The van der Waals surface area contributed by atoms with Gasteiger partial charge in [-0.25, -0.2) is 13.4 Å². The maximum atomic E-state index is 11.9. The van der Waals surface area contributed by atoms with E-state index in [1.54, 1.807) is 13.3 Å². The van der Waals surface area contributed by atoms with Crippen LogP contribution >= 0.6 is 11.6 Å². The molecule has 2 heterocycles. The summed E-state index contributed by atoms with van der Waals surface area (Å²) in [4.78, 5) is 6.52. The first kappa shape index (κ1) is 18.2. The zero-order chi connectivity index (χ0) is 18.0. The Labute approximate surface area is 153 Å². The molecule has 0 aliphatic carbocycles. The second-order valence-corrected chi connectivity index (χ2v) is 8.98. The van der Waals surface area contributed by atoms with Crippen molar-refractivity contribution in [2.24, 2.45) is 7.05 Å². The molecule has 1 aromatic heterocycles. The first-order valence-electron chi connectivity index (χ1n) is 8.11. The van der Waals surface area contributed by atoms with E-state index in [-0.39, 0.29) is 17.5 Å². The molecule has 0 amide bonds. The number of hydrogen-bond acceptors (Lipinski definition) is 5. The third kappa shape index (κ3) is 4.34. The summed E-state index contributed by atoms with van der Waals surface area (Å²) in [6.07, 6.45) is 2.27. The van der Waals surface area contributed by atoms with Crippen LogP contribution in [0, 0.1) is 0 Å². The summed E-state index contributed by atoms with van der Waals surface area (Å²) in [5, 5.41) is 0.568. The second kappa shape index (κ2) is 7.35. The van der Waals surface area contributed by atoms with Crippen LogP contribution in [-0.4, -0.2) is 47.5 Å². The van der Waals surface area contributed by atoms with Crippen molar-refractivity contribution in [3.05, 3.63) is 47.0 Å². The van der Waals surface area contributed by atoms with Crippen LogP contribution < -0.4 is 4.74 Å². The molecule has 2 aromatic rings. The van der Waals surface area contributed by atoms with Crippen LogP contribution in [0.25, 0.3) is 0 Å². The first-order chi connectivity index (χ1) is 11.9. The van der Waals surface area contributed by atoms with Gasteiger partial charge < -0.3 is 9.30 Å². The van der Waals surface area contributed by atoms with Crippen LogP contribution in [-0.2, 0) is 30.0 Å². The van der Waals surface area contributed by atoms with Gasteiger partial charge in [0.25, 0.3) is 0 Å². The molecule has 0 spiro atoms. The second-order valence-electron chi connectivity index (χ2n) is 6.37. The van der Waals surface area contributed by atoms with E-state index in [4.69, 9.17) is 16.3 Å². The van der Waals surface area contributed by atoms with Gasteiger partial charge in [-0.15, -0.1) is 0 Å². The Hall–Kier alpha value is -1.57. The molecule has 1 fully saturated rings. The van der Waals surface area contributed by atoms with E-state index >= 15 is 0 Å². The minimum atomic E-state index is -2.96. The van der Waals surface area contributed by atoms with Gasteiger partial charge in [0, 0.05) is 19.6 Å². The Morgan fingerprint density at radius 1 is 1.32 bits per heavy atom. The lowest BCUT2D eigenvalue weighted by atomic mass is 10.1. The van der Waals surface area contributed by atoms with Crippen molar-refractivity contribution in [1.82, 2.24) is 14.5 Å². The van der Waals surface area contributed by atoms with Crippen molar-refractivity contribution < 1.29 is 13.2 Å². The first-order valence-corrected chi connectivity index (χ1v) is 10.3. The molecule has 0 bridgehead atoms. The molecule has 1 aliphatic rings. The number of rotatable bonds is 6. The monoisotopic (exact) mass is 383 g/mol. The fraction of sp³-hybridized carbons (Fsp3) is 0.471. The lowest BCUT2D eigenvalue weighted by Crippen LogP contribution is -2.36. The number of aromatic nitrogens is 2. The number of halogens is 1. The zero-order valence-corrected chi connectivity index (χ0v) is 15.9. The maximum absolute atomic E-state index is 11.9. The van der Waals surface area contributed by atoms with E-state index in [1.807, 2.05) is 35.9 Å². The summed E-state index contributed by atoms with van der Waals surface area (Å²) >= 11 is 6.08. The van der Waals surface area contributed by atoms with Crippen LogP contribution in [0.15, 0.2) is 30.5 Å². The number of methoxy groups -OCH3 is 1. The van der Waals surface area contributed by atoms with E-state index in [2.05, 4.69) is 9.88 Å². The molecular formula is C17H22ClN3O3S. The smallest absolute Gasteiger partial charge is 0.151 e. The Morgan fingerprint density at radius 2 is 2.04 bits per heavy atom. The quantitative estimate of drug-likeness (QED) is 0.765. The standard InChI is InChI=1S/C17H22ClN3O3S/c1-20-16(18)9-19-17(20)11-21(14-7-8-25(22,23)12-14)10-13-3-5-15(24-2)6-4-13/h3-6,9,14H,7-8,10-12H2,1-2H3. The van der Waals surface area contributed by atoms with Crippen molar-refractivity contribution in [1.29, 1.82) is 0 Å². The molecule has 1 aromatic carbocycles. The van der Waals surface area contributed by atoms with Crippen LogP contribution in [0.2, 0.25) is 5.15 Å². The number of benzene rings is 1. The average molecular weight is 384 g/mol. The van der Waals surface area contributed by atoms with Gasteiger partial charge in [-0.05, 0) is 24.1 Å². The molecule has 0 radical (unpaired) electrons. The lowest BCUT2D eigenvalue weighted by molar-refractivity contribution is 0.187. The molecule has 1 saturated heterocycles. The highest BCUT2D eigenvalue weighted by molar-refractivity contribution is 7.91. The predicted molar refractivity (Wildman–Crippen MR) is 97.5 cm³/mol. The van der Waals surface area contributed by atoms with Gasteiger partial charge in [-0.2, -0.15) is 0 Å². The van der Waals surface area contributed by atoms with E-state index < -0.39 is 9.84 Å². The van der Waals surface area contributed by atoms with Crippen molar-refractivity contribution in [3.63, 3.8) is 0 Å². The highest BCUT2D eigenvalue weighted by Gasteiger charge is 2.32. The Kier molecular flexibility index (Phi) is 5.36. The van der Waals surface area contributed by atoms with Gasteiger partial charge in [0.15, 0.2) is 9.84 Å². The lowest BCUT2D eigenvalue weighted by Gasteiger charge is -2.28. The van der Waals surface area contributed by atoms with Crippen LogP contribution in [0.5, 0.6) is 5.75 Å². The van der Waals surface area contributed by atoms with E-state index in [1.165, 1.54) is 0 Å². The van der Waals surface area contributed by atoms with Crippen LogP contribution in [0.1, 0.15) is 17.8 Å². The normalized spacial score (nSPS) is 19.4. The molecule has 6 nitrogen and oxygen atoms in total. The van der Waals surface area contributed by atoms with Gasteiger partial charge in [-0.3, -0.25) is 4.90 Å². The van der Waals surface area contributed by atoms with Crippen LogP contribution in [0.3, 0.4) is 0 Å². The molecule has 8 heteroatoms. The van der Waals surface area contributed by atoms with Gasteiger partial charge in [0.1, 0.15) is 16.7 Å². The minimum absolute atomic E-state index is 0.0115. The fourth-order valence-electron chi connectivity index (χ4n) is 3.10. The van der Waals surface area contributed by atoms with E-state index in [9.17, 15) is 8.42 Å². The summed E-state index contributed by atoms with van der Waals surface area (Å²) in [5.74, 6) is 2.07. The SMILES string of the molecule is COc1ccc(CN(Cc2ncc(Cl)n2C)C2CCS(=O)(=O)C2)cc1. The minimum Gasteiger partial charge on any atom is -0.497 e. The van der Waals surface area contributed by atoms with Crippen molar-refractivity contribution >= 4 is 21.4 Å². The third-order valence-electron chi connectivity index (χ3n) is 4.64. The van der Waals surface area contributed by atoms with Gasteiger partial charge in [0.05, 0.1) is 31.4 Å². The number of hydrogen-bond donors (Lipinski definition) is 0. The summed E-state index contributed by atoms with van der Waals surface area (Å²) in [7, 11) is 0.542. The highest BCUT2D eigenvalue weighted by Crippen LogP contribution is 2.23. The molecule has 1 atom stereocenters. The Bertz CT molecular complexity index is 833. The Balaban J connectivity index is 1.81. The van der Waals surface area contributed by atoms with Crippen molar-refractivity contribution in [2.45, 2.75) is 25.6 Å². The van der Waals surface area contributed by atoms with Crippen molar-refractivity contribution in [3.8, 4) is 5.75 Å². The highest BCUT2D eigenvalue weighted by atomic mass is 35.5. The third-order valence-corrected chi connectivity index (χ3v) is 6.74. The number of nitrogens with zero attached hydrogens (tertiary/aromatic N) is 3. The Morgan fingerprint density at radius 3 is 2.56 bits per heavy atom. The molecule has 0 N–H and O–H groups in total. The molecule has 1 unspecified atom stereocenters. The molecule has 0 saturated carbocycles. The molecule has 3 rings (SSSR count). The molecule has 1 aliphatic heterocycles. The average Bonchev–Trinajstić information content (AvgIpc) is 3.11. The van der Waals surface area contributed by atoms with Gasteiger partial charge >= 0.3 is 0 Å².